The van der Waals surface area contributed by atoms with Crippen molar-refractivity contribution < 1.29 is 9.90 Å². The number of phenols is 1. The summed E-state index contributed by atoms with van der Waals surface area (Å²) in [4.78, 5) is 13.8. The highest BCUT2D eigenvalue weighted by molar-refractivity contribution is 5.94. The number of aromatic hydroxyl groups is 1. The number of carbonyl (C=O) groups excluding carboxylic acids is 1. The van der Waals surface area contributed by atoms with Gasteiger partial charge in [-0.25, -0.2) is 0 Å². The Morgan fingerprint density at radius 2 is 1.81 bits per heavy atom. The van der Waals surface area contributed by atoms with Crippen LogP contribution >= 0.6 is 0 Å². The highest BCUT2D eigenvalue weighted by atomic mass is 16.3. The van der Waals surface area contributed by atoms with Gasteiger partial charge in [0.1, 0.15) is 5.75 Å². The molecular weight excluding hydrogens is 330 g/mol. The van der Waals surface area contributed by atoms with Crippen LogP contribution in [-0.4, -0.2) is 37.8 Å². The Labute approximate surface area is 151 Å². The smallest absolute Gasteiger partial charge is 0.251 e. The molecule has 0 spiro atoms. The van der Waals surface area contributed by atoms with Crippen LogP contribution in [0.3, 0.4) is 0 Å². The minimum atomic E-state index is -0.130. The van der Waals surface area contributed by atoms with Crippen LogP contribution in [0.5, 0.6) is 5.75 Å². The molecule has 1 amide bonds. The summed E-state index contributed by atoms with van der Waals surface area (Å²) in [5.74, 6) is 0.646. The van der Waals surface area contributed by atoms with Gasteiger partial charge in [-0.2, -0.15) is 4.80 Å². The van der Waals surface area contributed by atoms with Gasteiger partial charge in [-0.15, -0.1) is 10.2 Å². The summed E-state index contributed by atoms with van der Waals surface area (Å²) in [6.45, 7) is 4.49. The fourth-order valence-electron chi connectivity index (χ4n) is 2.42. The Hall–Kier alpha value is -3.22. The van der Waals surface area contributed by atoms with Crippen molar-refractivity contribution >= 4 is 5.91 Å². The summed E-state index contributed by atoms with van der Waals surface area (Å²) in [7, 11) is 0. The fourth-order valence-corrected chi connectivity index (χ4v) is 2.42. The second kappa shape index (κ2) is 7.77. The summed E-state index contributed by atoms with van der Waals surface area (Å²) < 4.78 is 0. The number of benzene rings is 2. The molecular formula is C19H21N5O2. The number of rotatable bonds is 6. The number of hydrogen-bond donors (Lipinski definition) is 2. The molecule has 0 aliphatic heterocycles. The topological polar surface area (TPSA) is 92.9 Å². The highest BCUT2D eigenvalue weighted by Gasteiger charge is 2.10. The Bertz CT molecular complexity index is 870. The van der Waals surface area contributed by atoms with E-state index in [-0.39, 0.29) is 17.7 Å². The second-order valence-corrected chi connectivity index (χ2v) is 6.28. The lowest BCUT2D eigenvalue weighted by atomic mass is 10.1. The minimum absolute atomic E-state index is 0.130. The summed E-state index contributed by atoms with van der Waals surface area (Å²) in [6.07, 6.45) is 0.701. The van der Waals surface area contributed by atoms with E-state index in [2.05, 4.69) is 20.7 Å². The van der Waals surface area contributed by atoms with Crippen molar-refractivity contribution in [2.24, 2.45) is 0 Å². The van der Waals surface area contributed by atoms with Gasteiger partial charge in [0.2, 0.25) is 5.82 Å². The van der Waals surface area contributed by atoms with Crippen LogP contribution in [0.15, 0.2) is 48.5 Å². The normalized spacial score (nSPS) is 10.9. The maximum absolute atomic E-state index is 12.2. The van der Waals surface area contributed by atoms with Crippen molar-refractivity contribution in [1.29, 1.82) is 0 Å². The molecule has 3 rings (SSSR count). The van der Waals surface area contributed by atoms with Gasteiger partial charge in [0.05, 0.1) is 6.04 Å². The van der Waals surface area contributed by atoms with Crippen molar-refractivity contribution in [2.45, 2.75) is 26.3 Å². The molecule has 1 aromatic heterocycles. The predicted octanol–water partition coefficient (Wildman–Crippen LogP) is 2.60. The first-order valence-corrected chi connectivity index (χ1v) is 8.49. The molecule has 134 valence electrons. The molecule has 0 radical (unpaired) electrons. The number of phenolic OH excluding ortho intramolecular Hbond substituents is 1. The van der Waals surface area contributed by atoms with Gasteiger partial charge in [-0.05, 0) is 55.3 Å². The highest BCUT2D eigenvalue weighted by Crippen LogP contribution is 2.15. The van der Waals surface area contributed by atoms with E-state index in [0.29, 0.717) is 24.4 Å². The van der Waals surface area contributed by atoms with Crippen LogP contribution in [0, 0.1) is 0 Å². The average Bonchev–Trinajstić information content (AvgIpc) is 3.14. The minimum Gasteiger partial charge on any atom is -0.508 e. The number of carbonyl (C=O) groups is 1. The Morgan fingerprint density at radius 1 is 1.12 bits per heavy atom. The maximum atomic E-state index is 12.2. The molecule has 0 fully saturated rings. The van der Waals surface area contributed by atoms with Crippen LogP contribution in [0.4, 0.5) is 0 Å². The van der Waals surface area contributed by atoms with Crippen molar-refractivity contribution in [3.63, 3.8) is 0 Å². The number of nitrogens with one attached hydrogen (secondary N) is 1. The third-order valence-corrected chi connectivity index (χ3v) is 3.93. The summed E-state index contributed by atoms with van der Waals surface area (Å²) >= 11 is 0. The quantitative estimate of drug-likeness (QED) is 0.712. The largest absolute Gasteiger partial charge is 0.508 e. The molecule has 3 aromatic rings. The number of nitrogens with zero attached hydrogens (tertiary/aromatic N) is 4. The van der Waals surface area contributed by atoms with Gasteiger partial charge in [0.15, 0.2) is 0 Å². The van der Waals surface area contributed by atoms with Crippen molar-refractivity contribution in [3.05, 3.63) is 59.7 Å². The van der Waals surface area contributed by atoms with Gasteiger partial charge < -0.3 is 10.4 Å². The van der Waals surface area contributed by atoms with Crippen molar-refractivity contribution in [2.75, 3.05) is 6.54 Å². The van der Waals surface area contributed by atoms with Gasteiger partial charge >= 0.3 is 0 Å². The van der Waals surface area contributed by atoms with Crippen LogP contribution in [0.2, 0.25) is 0 Å². The molecule has 0 atom stereocenters. The Kier molecular flexibility index (Phi) is 5.26. The van der Waals surface area contributed by atoms with E-state index in [9.17, 15) is 9.90 Å². The van der Waals surface area contributed by atoms with E-state index in [1.807, 2.05) is 38.1 Å². The van der Waals surface area contributed by atoms with Gasteiger partial charge in [-0.3, -0.25) is 4.79 Å². The van der Waals surface area contributed by atoms with E-state index in [0.717, 1.165) is 11.1 Å². The zero-order valence-corrected chi connectivity index (χ0v) is 14.8. The number of aromatic nitrogens is 4. The van der Waals surface area contributed by atoms with Gasteiger partial charge in [-0.1, -0.05) is 24.3 Å². The molecule has 0 aliphatic rings. The zero-order valence-electron chi connectivity index (χ0n) is 14.8. The Balaban J connectivity index is 1.57. The molecule has 0 saturated heterocycles. The van der Waals surface area contributed by atoms with E-state index >= 15 is 0 Å². The van der Waals surface area contributed by atoms with Gasteiger partial charge in [0, 0.05) is 17.7 Å². The lowest BCUT2D eigenvalue weighted by Crippen LogP contribution is -2.25. The standard InChI is InChI=1S/C19H21N5O2/c1-13(2)24-22-18(21-23-24)15-5-7-16(8-6-15)19(26)20-12-11-14-3-9-17(25)10-4-14/h3-10,13,25H,11-12H2,1-2H3,(H,20,26). The van der Waals surface area contributed by atoms with Crippen LogP contribution < -0.4 is 5.32 Å². The zero-order chi connectivity index (χ0) is 18.5. The average molecular weight is 351 g/mol. The van der Waals surface area contributed by atoms with E-state index in [4.69, 9.17) is 0 Å². The number of amides is 1. The van der Waals surface area contributed by atoms with E-state index < -0.39 is 0 Å². The van der Waals surface area contributed by atoms with Crippen molar-refractivity contribution in [3.8, 4) is 17.1 Å². The first-order valence-electron chi connectivity index (χ1n) is 8.49. The third kappa shape index (κ3) is 4.24. The van der Waals surface area contributed by atoms with Crippen LogP contribution in [-0.2, 0) is 6.42 Å². The third-order valence-electron chi connectivity index (χ3n) is 3.93. The molecule has 26 heavy (non-hydrogen) atoms. The van der Waals surface area contributed by atoms with E-state index in [1.54, 1.807) is 29.1 Å². The summed E-state index contributed by atoms with van der Waals surface area (Å²) in [5, 5.41) is 24.5. The molecule has 2 N–H and O–H groups in total. The molecule has 0 saturated carbocycles. The SMILES string of the molecule is CC(C)n1nnc(-c2ccc(C(=O)NCCc3ccc(O)cc3)cc2)n1. The molecule has 0 aliphatic carbocycles. The molecule has 1 heterocycles. The second-order valence-electron chi connectivity index (χ2n) is 6.28. The number of tetrazole rings is 1. The lowest BCUT2D eigenvalue weighted by Gasteiger charge is -2.06. The van der Waals surface area contributed by atoms with Crippen molar-refractivity contribution in [1.82, 2.24) is 25.5 Å². The molecule has 7 nitrogen and oxygen atoms in total. The first kappa shape index (κ1) is 17.6. The predicted molar refractivity (Wildman–Crippen MR) is 97.8 cm³/mol. The monoisotopic (exact) mass is 351 g/mol. The van der Waals surface area contributed by atoms with Crippen LogP contribution in [0.25, 0.3) is 11.4 Å². The molecule has 2 aromatic carbocycles. The van der Waals surface area contributed by atoms with Crippen LogP contribution in [0.1, 0.15) is 35.8 Å². The molecule has 7 heteroatoms. The van der Waals surface area contributed by atoms with Gasteiger partial charge in [0.25, 0.3) is 5.91 Å². The first-order chi connectivity index (χ1) is 12.5. The molecule has 0 bridgehead atoms. The Morgan fingerprint density at radius 3 is 2.42 bits per heavy atom. The maximum Gasteiger partial charge on any atom is 0.251 e. The summed E-state index contributed by atoms with van der Waals surface area (Å²) in [5.41, 5.74) is 2.45. The lowest BCUT2D eigenvalue weighted by molar-refractivity contribution is 0.0954. The number of hydrogen-bond acceptors (Lipinski definition) is 5. The van der Waals surface area contributed by atoms with E-state index in [1.165, 1.54) is 0 Å². The molecule has 0 unspecified atom stereocenters. The summed E-state index contributed by atoms with van der Waals surface area (Å²) in [6, 6.07) is 14.2. The fraction of sp³-hybridized carbons (Fsp3) is 0.263.